The zero-order chi connectivity index (χ0) is 15.1. The van der Waals surface area contributed by atoms with Crippen LogP contribution in [0, 0.1) is 0 Å². The lowest BCUT2D eigenvalue weighted by atomic mass is 10.2. The van der Waals surface area contributed by atoms with Gasteiger partial charge in [-0.3, -0.25) is 9.98 Å². The topological polar surface area (TPSA) is 24.7 Å². The third-order valence-corrected chi connectivity index (χ3v) is 6.39. The Kier molecular flexibility index (Phi) is 3.95. The summed E-state index contributed by atoms with van der Waals surface area (Å²) in [5.74, 6) is 0. The van der Waals surface area contributed by atoms with Crippen molar-refractivity contribution in [2.75, 3.05) is 0 Å². The first-order valence-electron chi connectivity index (χ1n) is 6.70. The zero-order valence-corrected chi connectivity index (χ0v) is 14.4. The smallest absolute Gasteiger partial charge is 0.134 e. The Labute approximate surface area is 147 Å². The lowest BCUT2D eigenvalue weighted by Gasteiger charge is -2.03. The first-order chi connectivity index (χ1) is 10.7. The van der Waals surface area contributed by atoms with E-state index in [9.17, 15) is 0 Å². The second-order valence-electron chi connectivity index (χ2n) is 4.90. The van der Waals surface area contributed by atoms with Gasteiger partial charge in [-0.2, -0.15) is 0 Å². The van der Waals surface area contributed by atoms with Crippen LogP contribution in [-0.4, -0.2) is 20.8 Å². The van der Waals surface area contributed by atoms with E-state index in [-0.39, 0.29) is 10.7 Å². The summed E-state index contributed by atoms with van der Waals surface area (Å²) >= 11 is 15.3. The number of rotatable bonds is 2. The van der Waals surface area contributed by atoms with E-state index in [4.69, 9.17) is 33.2 Å². The van der Waals surface area contributed by atoms with Crippen LogP contribution in [0.25, 0.3) is 0 Å². The minimum atomic E-state index is 0.154. The molecule has 0 bridgehead atoms. The molecule has 0 aromatic heterocycles. The van der Waals surface area contributed by atoms with E-state index >= 15 is 0 Å². The highest BCUT2D eigenvalue weighted by molar-refractivity contribution is 8.20. The maximum atomic E-state index is 5.93. The molecule has 0 unspecified atom stereocenters. The summed E-state index contributed by atoms with van der Waals surface area (Å²) in [6, 6.07) is 15.6. The van der Waals surface area contributed by atoms with Crippen LogP contribution in [-0.2, 0) is 0 Å². The van der Waals surface area contributed by atoms with Crippen molar-refractivity contribution in [2.24, 2.45) is 9.98 Å². The molecule has 6 heteroatoms. The molecule has 0 amide bonds. The Morgan fingerprint density at radius 2 is 1.00 bits per heavy atom. The average Bonchev–Trinajstić information content (AvgIpc) is 3.07. The van der Waals surface area contributed by atoms with Crippen LogP contribution >= 0.6 is 46.7 Å². The van der Waals surface area contributed by atoms with Gasteiger partial charge < -0.3 is 0 Å². The molecule has 0 fully saturated rings. The Morgan fingerprint density at radius 1 is 0.636 bits per heavy atom. The molecule has 0 radical (unpaired) electrons. The molecule has 0 saturated heterocycles. The van der Waals surface area contributed by atoms with Crippen molar-refractivity contribution in [2.45, 2.75) is 10.7 Å². The van der Waals surface area contributed by atoms with E-state index in [1.54, 1.807) is 23.5 Å². The number of hydrogen-bond acceptors (Lipinski definition) is 4. The van der Waals surface area contributed by atoms with Gasteiger partial charge in [0, 0.05) is 21.2 Å². The Balaban J connectivity index is 1.53. The Bertz CT molecular complexity index is 702. The lowest BCUT2D eigenvalue weighted by molar-refractivity contribution is 0.898. The molecule has 2 aliphatic heterocycles. The summed E-state index contributed by atoms with van der Waals surface area (Å²) < 4.78 is 0. The van der Waals surface area contributed by atoms with Crippen LogP contribution in [0.3, 0.4) is 0 Å². The van der Waals surface area contributed by atoms with Gasteiger partial charge in [0.1, 0.15) is 20.8 Å². The number of nitrogens with zero attached hydrogens (tertiary/aromatic N) is 2. The monoisotopic (exact) mass is 364 g/mol. The van der Waals surface area contributed by atoms with Crippen molar-refractivity contribution in [3.63, 3.8) is 0 Å². The summed E-state index contributed by atoms with van der Waals surface area (Å²) in [7, 11) is 0. The van der Waals surface area contributed by atoms with Crippen molar-refractivity contribution >= 4 is 56.8 Å². The van der Waals surface area contributed by atoms with Gasteiger partial charge in [-0.1, -0.05) is 71.0 Å². The van der Waals surface area contributed by atoms with E-state index in [1.807, 2.05) is 48.5 Å². The fraction of sp³-hybridized carbons (Fsp3) is 0.125. The molecule has 110 valence electrons. The fourth-order valence-electron chi connectivity index (χ4n) is 2.29. The average molecular weight is 365 g/mol. The number of benzene rings is 2. The molecule has 2 aliphatic rings. The van der Waals surface area contributed by atoms with Crippen LogP contribution in [0.1, 0.15) is 11.1 Å². The first kappa shape index (κ1) is 14.6. The quantitative estimate of drug-likeness (QED) is 0.718. The van der Waals surface area contributed by atoms with Crippen LogP contribution in [0.4, 0.5) is 0 Å². The molecule has 0 spiro atoms. The number of aliphatic imine (C=N–C) groups is 2. The van der Waals surface area contributed by atoms with E-state index in [0.717, 1.165) is 31.3 Å². The molecule has 2 nitrogen and oxygen atoms in total. The molecule has 0 N–H and O–H groups in total. The lowest BCUT2D eigenvalue weighted by Crippen LogP contribution is -2.03. The molecule has 2 heterocycles. The summed E-state index contributed by atoms with van der Waals surface area (Å²) in [6.45, 7) is 0. The molecule has 0 aliphatic carbocycles. The third kappa shape index (κ3) is 2.81. The van der Waals surface area contributed by atoms with E-state index in [1.165, 1.54) is 0 Å². The van der Waals surface area contributed by atoms with Crippen molar-refractivity contribution in [3.8, 4) is 0 Å². The SMILES string of the molecule is Clc1ccc(C2=N[C@H]3SC(c4ccc(Cl)cc4)=N[C@H]3S2)cc1. The first-order valence-corrected chi connectivity index (χ1v) is 9.21. The summed E-state index contributed by atoms with van der Waals surface area (Å²) in [5.41, 5.74) is 2.21. The minimum Gasteiger partial charge on any atom is -0.260 e. The highest BCUT2D eigenvalue weighted by atomic mass is 35.5. The standard InChI is InChI=1S/C16H10Cl2N2S2/c17-11-5-1-9(2-6-11)13-19-15-16(21-13)20-14(22-15)10-3-7-12(18)8-4-10/h1-8,15-16H/t15-,16-/m0/s1. The summed E-state index contributed by atoms with van der Waals surface area (Å²) in [6.07, 6.45) is 0. The van der Waals surface area contributed by atoms with E-state index in [2.05, 4.69) is 0 Å². The molecule has 22 heavy (non-hydrogen) atoms. The second-order valence-corrected chi connectivity index (χ2v) is 7.98. The third-order valence-electron chi connectivity index (χ3n) is 3.38. The van der Waals surface area contributed by atoms with Crippen LogP contribution in [0.5, 0.6) is 0 Å². The van der Waals surface area contributed by atoms with Gasteiger partial charge in [-0.05, 0) is 24.3 Å². The van der Waals surface area contributed by atoms with Crippen LogP contribution in [0.2, 0.25) is 10.0 Å². The fourth-order valence-corrected chi connectivity index (χ4v) is 5.03. The maximum Gasteiger partial charge on any atom is 0.134 e. The van der Waals surface area contributed by atoms with Crippen molar-refractivity contribution < 1.29 is 0 Å². The van der Waals surface area contributed by atoms with Crippen LogP contribution < -0.4 is 0 Å². The molecule has 2 aromatic rings. The largest absolute Gasteiger partial charge is 0.260 e. The van der Waals surface area contributed by atoms with Crippen molar-refractivity contribution in [1.82, 2.24) is 0 Å². The van der Waals surface area contributed by atoms with Gasteiger partial charge in [0.15, 0.2) is 0 Å². The molecular weight excluding hydrogens is 355 g/mol. The number of halogens is 2. The van der Waals surface area contributed by atoms with Gasteiger partial charge in [-0.25, -0.2) is 0 Å². The second kappa shape index (κ2) is 5.93. The normalized spacial score (nSPS) is 23.2. The Hall–Kier alpha value is -0.940. The predicted octanol–water partition coefficient (Wildman–Crippen LogP) is 5.33. The summed E-state index contributed by atoms with van der Waals surface area (Å²) in [5, 5.41) is 3.87. The molecule has 2 aromatic carbocycles. The van der Waals surface area contributed by atoms with E-state index < -0.39 is 0 Å². The van der Waals surface area contributed by atoms with Crippen LogP contribution in [0.15, 0.2) is 58.5 Å². The van der Waals surface area contributed by atoms with Gasteiger partial charge >= 0.3 is 0 Å². The molecule has 0 saturated carbocycles. The van der Waals surface area contributed by atoms with Gasteiger partial charge in [0.05, 0.1) is 0 Å². The Morgan fingerprint density at radius 3 is 1.36 bits per heavy atom. The maximum absolute atomic E-state index is 5.93. The number of thioether (sulfide) groups is 2. The highest BCUT2D eigenvalue weighted by Gasteiger charge is 2.37. The van der Waals surface area contributed by atoms with Gasteiger partial charge in [0.25, 0.3) is 0 Å². The zero-order valence-electron chi connectivity index (χ0n) is 11.2. The molecule has 2 atom stereocenters. The van der Waals surface area contributed by atoms with Crippen molar-refractivity contribution in [1.29, 1.82) is 0 Å². The highest BCUT2D eigenvalue weighted by Crippen LogP contribution is 2.43. The molecular formula is C16H10Cl2N2S2. The predicted molar refractivity (Wildman–Crippen MR) is 98.7 cm³/mol. The van der Waals surface area contributed by atoms with E-state index in [0.29, 0.717) is 0 Å². The number of fused-ring (bicyclic) bond motifs is 1. The van der Waals surface area contributed by atoms with Gasteiger partial charge in [0.2, 0.25) is 0 Å². The van der Waals surface area contributed by atoms with Gasteiger partial charge in [-0.15, -0.1) is 0 Å². The van der Waals surface area contributed by atoms with Crippen molar-refractivity contribution in [3.05, 3.63) is 69.7 Å². The summed E-state index contributed by atoms with van der Waals surface area (Å²) in [4.78, 5) is 9.60. The minimum absolute atomic E-state index is 0.154. The number of hydrogen-bond donors (Lipinski definition) is 0. The molecule has 4 rings (SSSR count).